The van der Waals surface area contributed by atoms with Crippen molar-refractivity contribution in [3.8, 4) is 0 Å². The summed E-state index contributed by atoms with van der Waals surface area (Å²) >= 11 is 18.4. The maximum atomic E-state index is 6.66. The molecule has 144 valence electrons. The van der Waals surface area contributed by atoms with Gasteiger partial charge < -0.3 is 5.73 Å². The summed E-state index contributed by atoms with van der Waals surface area (Å²) in [5, 5.41) is 2.18. The van der Waals surface area contributed by atoms with E-state index in [2.05, 4.69) is 29.2 Å². The third kappa shape index (κ3) is 4.07. The molecule has 0 bridgehead atoms. The fraction of sp³-hybridized carbons (Fsp3) is 0.217. The summed E-state index contributed by atoms with van der Waals surface area (Å²) in [6, 6.07) is 24.1. The van der Waals surface area contributed by atoms with Crippen molar-refractivity contribution in [1.29, 1.82) is 0 Å². The van der Waals surface area contributed by atoms with Crippen LogP contribution in [0, 0.1) is 0 Å². The Morgan fingerprint density at radius 1 is 0.750 bits per heavy atom. The normalized spacial score (nSPS) is 18.1. The van der Waals surface area contributed by atoms with Crippen LogP contribution in [-0.2, 0) is 0 Å². The van der Waals surface area contributed by atoms with E-state index in [9.17, 15) is 0 Å². The van der Waals surface area contributed by atoms with Crippen LogP contribution in [0.4, 0.5) is 0 Å². The summed E-state index contributed by atoms with van der Waals surface area (Å²) in [4.78, 5) is 2.46. The smallest absolute Gasteiger partial charge is 0.0604 e. The quantitative estimate of drug-likeness (QED) is 0.499. The van der Waals surface area contributed by atoms with Gasteiger partial charge in [0.1, 0.15) is 0 Å². The van der Waals surface area contributed by atoms with E-state index in [1.807, 2.05) is 48.5 Å². The first kappa shape index (κ1) is 19.8. The predicted molar refractivity (Wildman–Crippen MR) is 118 cm³/mol. The maximum Gasteiger partial charge on any atom is 0.0604 e. The van der Waals surface area contributed by atoms with E-state index in [-0.39, 0.29) is 18.1 Å². The van der Waals surface area contributed by atoms with Gasteiger partial charge in [-0.25, -0.2) is 0 Å². The molecule has 0 amide bonds. The summed E-state index contributed by atoms with van der Waals surface area (Å²) in [7, 11) is 0. The van der Waals surface area contributed by atoms with Crippen LogP contribution in [0.1, 0.15) is 35.2 Å². The van der Waals surface area contributed by atoms with E-state index in [0.29, 0.717) is 5.02 Å². The van der Waals surface area contributed by atoms with E-state index in [0.717, 1.165) is 28.6 Å². The topological polar surface area (TPSA) is 29.3 Å². The van der Waals surface area contributed by atoms with Crippen molar-refractivity contribution in [2.24, 2.45) is 5.73 Å². The predicted octanol–water partition coefficient (Wildman–Crippen LogP) is 6.51. The first-order valence-corrected chi connectivity index (χ1v) is 10.4. The molecule has 1 aliphatic heterocycles. The van der Waals surface area contributed by atoms with Crippen molar-refractivity contribution >= 4 is 34.8 Å². The number of halogens is 3. The van der Waals surface area contributed by atoms with Gasteiger partial charge >= 0.3 is 0 Å². The van der Waals surface area contributed by atoms with Crippen molar-refractivity contribution in [2.75, 3.05) is 6.54 Å². The zero-order chi connectivity index (χ0) is 19.7. The lowest BCUT2D eigenvalue weighted by atomic mass is 9.85. The molecule has 1 fully saturated rings. The number of rotatable bonds is 5. The van der Waals surface area contributed by atoms with Crippen LogP contribution in [0.15, 0.2) is 72.8 Å². The molecule has 0 unspecified atom stereocenters. The van der Waals surface area contributed by atoms with E-state index in [1.165, 1.54) is 11.1 Å². The van der Waals surface area contributed by atoms with Crippen LogP contribution in [0.2, 0.25) is 15.1 Å². The molecule has 0 radical (unpaired) electrons. The second kappa shape index (κ2) is 8.44. The van der Waals surface area contributed by atoms with Crippen molar-refractivity contribution in [2.45, 2.75) is 24.5 Å². The van der Waals surface area contributed by atoms with Crippen LogP contribution < -0.4 is 5.73 Å². The lowest BCUT2D eigenvalue weighted by Gasteiger charge is -2.49. The van der Waals surface area contributed by atoms with Gasteiger partial charge in [0.25, 0.3) is 0 Å². The Kier molecular flexibility index (Phi) is 5.96. The van der Waals surface area contributed by atoms with E-state index < -0.39 is 0 Å². The summed E-state index contributed by atoms with van der Waals surface area (Å²) in [6.07, 6.45) is 1.05. The molecule has 1 aliphatic rings. The number of nitrogens with zero attached hydrogens (tertiary/aromatic N) is 1. The highest BCUT2D eigenvalue weighted by atomic mass is 35.5. The van der Waals surface area contributed by atoms with Gasteiger partial charge in [-0.3, -0.25) is 4.90 Å². The molecule has 0 aliphatic carbocycles. The lowest BCUT2D eigenvalue weighted by Crippen LogP contribution is -2.54. The van der Waals surface area contributed by atoms with E-state index in [1.54, 1.807) is 0 Å². The molecule has 2 nitrogen and oxygen atoms in total. The molecule has 1 heterocycles. The van der Waals surface area contributed by atoms with Crippen LogP contribution in [0.3, 0.4) is 0 Å². The van der Waals surface area contributed by atoms with Crippen molar-refractivity contribution in [1.82, 2.24) is 4.90 Å². The second-order valence-corrected chi connectivity index (χ2v) is 8.49. The average Bonchev–Trinajstić information content (AvgIpc) is 2.67. The van der Waals surface area contributed by atoms with E-state index >= 15 is 0 Å². The van der Waals surface area contributed by atoms with Crippen LogP contribution in [0.5, 0.6) is 0 Å². The first-order valence-electron chi connectivity index (χ1n) is 9.30. The monoisotopic (exact) mass is 430 g/mol. The third-order valence-electron chi connectivity index (χ3n) is 5.46. The van der Waals surface area contributed by atoms with Gasteiger partial charge in [0.05, 0.1) is 6.04 Å². The lowest BCUT2D eigenvalue weighted by molar-refractivity contribution is 0.0393. The van der Waals surface area contributed by atoms with Crippen molar-refractivity contribution < 1.29 is 0 Å². The molecule has 5 heteroatoms. The summed E-state index contributed by atoms with van der Waals surface area (Å²) in [5.74, 6) is 0. The first-order chi connectivity index (χ1) is 13.5. The molecule has 3 aromatic rings. The van der Waals surface area contributed by atoms with Crippen molar-refractivity contribution in [3.63, 3.8) is 0 Å². The highest BCUT2D eigenvalue weighted by Gasteiger charge is 2.39. The zero-order valence-electron chi connectivity index (χ0n) is 15.2. The molecule has 0 aromatic heterocycles. The van der Waals surface area contributed by atoms with Gasteiger partial charge in [-0.05, 0) is 59.5 Å². The molecular formula is C23H21Cl3N2. The fourth-order valence-electron chi connectivity index (χ4n) is 3.94. The van der Waals surface area contributed by atoms with Gasteiger partial charge in [0, 0.05) is 33.7 Å². The van der Waals surface area contributed by atoms with Gasteiger partial charge in [0.2, 0.25) is 0 Å². The summed E-state index contributed by atoms with van der Waals surface area (Å²) in [5.41, 5.74) is 10.1. The van der Waals surface area contributed by atoms with Crippen LogP contribution in [0.25, 0.3) is 0 Å². The Labute approximate surface area is 180 Å². The van der Waals surface area contributed by atoms with Crippen molar-refractivity contribution in [3.05, 3.63) is 105 Å². The molecular weight excluding hydrogens is 411 g/mol. The number of hydrogen-bond acceptors (Lipinski definition) is 2. The Bertz CT molecular complexity index is 895. The minimum atomic E-state index is -0.102. The summed E-state index contributed by atoms with van der Waals surface area (Å²) < 4.78 is 0. The SMILES string of the molecule is N[C@H](c1cccc(Cl)c1)[C@@H]1CCN1C(c1ccc(Cl)cc1)c1ccc(Cl)cc1. The van der Waals surface area contributed by atoms with E-state index in [4.69, 9.17) is 40.5 Å². The Morgan fingerprint density at radius 3 is 1.79 bits per heavy atom. The molecule has 0 spiro atoms. The third-order valence-corrected chi connectivity index (χ3v) is 6.20. The minimum absolute atomic E-state index is 0.0958. The largest absolute Gasteiger partial charge is 0.323 e. The van der Waals surface area contributed by atoms with Gasteiger partial charge in [0.15, 0.2) is 0 Å². The fourth-order valence-corrected chi connectivity index (χ4v) is 4.39. The number of likely N-dealkylation sites (tertiary alicyclic amines) is 1. The van der Waals surface area contributed by atoms with Crippen LogP contribution in [-0.4, -0.2) is 17.5 Å². The highest BCUT2D eigenvalue weighted by Crippen LogP contribution is 2.40. The standard InChI is InChI=1S/C23H21Cl3N2/c24-18-8-4-15(5-9-18)23(16-6-10-19(25)11-7-16)28-13-12-21(28)22(27)17-2-1-3-20(26)14-17/h1-11,14,21-23H,12-13,27H2/t21-,22+/m0/s1. The molecule has 3 aromatic carbocycles. The van der Waals surface area contributed by atoms with Gasteiger partial charge in [-0.1, -0.05) is 71.2 Å². The minimum Gasteiger partial charge on any atom is -0.323 e. The summed E-state index contributed by atoms with van der Waals surface area (Å²) in [6.45, 7) is 0.981. The van der Waals surface area contributed by atoms with Crippen LogP contribution >= 0.6 is 34.8 Å². The molecule has 2 atom stereocenters. The Hall–Kier alpha value is -1.55. The second-order valence-electron chi connectivity index (χ2n) is 7.18. The Balaban J connectivity index is 1.68. The molecule has 2 N–H and O–H groups in total. The highest BCUT2D eigenvalue weighted by molar-refractivity contribution is 6.31. The average molecular weight is 432 g/mol. The van der Waals surface area contributed by atoms with Gasteiger partial charge in [-0.15, -0.1) is 0 Å². The maximum absolute atomic E-state index is 6.66. The number of hydrogen-bond donors (Lipinski definition) is 1. The molecule has 4 rings (SSSR count). The molecule has 0 saturated carbocycles. The zero-order valence-corrected chi connectivity index (χ0v) is 17.5. The number of benzene rings is 3. The Morgan fingerprint density at radius 2 is 1.32 bits per heavy atom. The molecule has 28 heavy (non-hydrogen) atoms. The molecule has 1 saturated heterocycles. The number of nitrogens with two attached hydrogens (primary N) is 1. The van der Waals surface area contributed by atoms with Gasteiger partial charge in [-0.2, -0.15) is 0 Å².